The quantitative estimate of drug-likeness (QED) is 0.723. The van der Waals surface area contributed by atoms with Gasteiger partial charge >= 0.3 is 5.97 Å². The number of hydrogen-bond acceptors (Lipinski definition) is 3. The summed E-state index contributed by atoms with van der Waals surface area (Å²) >= 11 is 0. The molecule has 1 rings (SSSR count). The lowest BCUT2D eigenvalue weighted by Gasteiger charge is -2.25. The first-order valence-corrected chi connectivity index (χ1v) is 4.22. The lowest BCUT2D eigenvalue weighted by Crippen LogP contribution is -2.45. The van der Waals surface area contributed by atoms with Gasteiger partial charge in [0.1, 0.15) is 0 Å². The summed E-state index contributed by atoms with van der Waals surface area (Å²) in [5.41, 5.74) is 4.30. The molecule has 4 N–H and O–H groups in total. The normalized spacial score (nSPS) is 15.9. The van der Waals surface area contributed by atoms with E-state index in [9.17, 15) is 9.90 Å². The molecule has 1 aromatic carbocycles. The first-order chi connectivity index (χ1) is 6.46. The Morgan fingerprint density at radius 1 is 1.40 bits per heavy atom. The van der Waals surface area contributed by atoms with E-state index in [1.54, 1.807) is 30.3 Å². The van der Waals surface area contributed by atoms with Gasteiger partial charge in [0.25, 0.3) is 0 Å². The largest absolute Gasteiger partial charge is 0.479 e. The van der Waals surface area contributed by atoms with Gasteiger partial charge in [-0.1, -0.05) is 30.3 Å². The molecular formula is C10H14ClNO3. The molecule has 0 heterocycles. The summed E-state index contributed by atoms with van der Waals surface area (Å²) in [7, 11) is 0. The number of nitrogens with two attached hydrogens (primary N) is 1. The summed E-state index contributed by atoms with van der Waals surface area (Å²) in [4.78, 5) is 10.7. The molecule has 0 aliphatic heterocycles. The Hall–Kier alpha value is -1.10. The smallest absolute Gasteiger partial charge is 0.337 e. The second-order valence-corrected chi connectivity index (χ2v) is 3.34. The first-order valence-electron chi connectivity index (χ1n) is 4.22. The van der Waals surface area contributed by atoms with Crippen LogP contribution in [0.1, 0.15) is 18.5 Å². The van der Waals surface area contributed by atoms with Crippen molar-refractivity contribution in [2.24, 2.45) is 5.73 Å². The minimum Gasteiger partial charge on any atom is -0.479 e. The summed E-state index contributed by atoms with van der Waals surface area (Å²) in [5, 5.41) is 18.3. The molecule has 0 saturated carbocycles. The highest BCUT2D eigenvalue weighted by atomic mass is 35.5. The molecule has 2 unspecified atom stereocenters. The topological polar surface area (TPSA) is 83.5 Å². The maximum atomic E-state index is 10.7. The van der Waals surface area contributed by atoms with Crippen molar-refractivity contribution in [2.75, 3.05) is 0 Å². The Kier molecular flexibility index (Phi) is 4.74. The Bertz CT molecular complexity index is 327. The van der Waals surface area contributed by atoms with Gasteiger partial charge in [0.2, 0.25) is 0 Å². The average Bonchev–Trinajstić information content (AvgIpc) is 2.17. The highest BCUT2D eigenvalue weighted by Crippen LogP contribution is 2.23. The van der Waals surface area contributed by atoms with Crippen LogP contribution >= 0.6 is 12.4 Å². The van der Waals surface area contributed by atoms with E-state index in [1.165, 1.54) is 6.92 Å². The molecule has 0 radical (unpaired) electrons. The van der Waals surface area contributed by atoms with E-state index < -0.39 is 17.6 Å². The van der Waals surface area contributed by atoms with E-state index in [0.717, 1.165) is 0 Å². The molecule has 0 spiro atoms. The average molecular weight is 232 g/mol. The number of carboxylic acid groups (broad SMARTS) is 1. The van der Waals surface area contributed by atoms with Crippen molar-refractivity contribution < 1.29 is 15.0 Å². The molecule has 15 heavy (non-hydrogen) atoms. The second kappa shape index (κ2) is 5.11. The predicted molar refractivity (Wildman–Crippen MR) is 58.9 cm³/mol. The number of carbonyl (C=O) groups is 1. The molecule has 0 bridgehead atoms. The molecule has 0 aliphatic carbocycles. The standard InChI is InChI=1S/C10H13NO3.ClH/c1-10(14,9(12)13)8(11)7-5-3-2-4-6-7;/h2-6,8,14H,11H2,1H3,(H,12,13);1H. The maximum absolute atomic E-state index is 10.7. The molecule has 4 nitrogen and oxygen atoms in total. The van der Waals surface area contributed by atoms with Crippen LogP contribution in [0.4, 0.5) is 0 Å². The second-order valence-electron chi connectivity index (χ2n) is 3.34. The van der Waals surface area contributed by atoms with Crippen molar-refractivity contribution in [1.29, 1.82) is 0 Å². The van der Waals surface area contributed by atoms with Crippen LogP contribution in [-0.4, -0.2) is 21.8 Å². The molecule has 0 aliphatic rings. The summed E-state index contributed by atoms with van der Waals surface area (Å²) in [6.45, 7) is 1.19. The first kappa shape index (κ1) is 13.9. The zero-order valence-electron chi connectivity index (χ0n) is 8.25. The number of carboxylic acids is 1. The Morgan fingerprint density at radius 2 is 1.87 bits per heavy atom. The highest BCUT2D eigenvalue weighted by molar-refractivity contribution is 5.85. The fraction of sp³-hybridized carbons (Fsp3) is 0.300. The highest BCUT2D eigenvalue weighted by Gasteiger charge is 2.37. The van der Waals surface area contributed by atoms with E-state index in [4.69, 9.17) is 10.8 Å². The van der Waals surface area contributed by atoms with Crippen LogP contribution in [0.25, 0.3) is 0 Å². The third-order valence-electron chi connectivity index (χ3n) is 2.20. The summed E-state index contributed by atoms with van der Waals surface area (Å²) in [5.74, 6) is -1.33. The summed E-state index contributed by atoms with van der Waals surface area (Å²) in [6.07, 6.45) is 0. The van der Waals surface area contributed by atoms with Crippen LogP contribution in [0.5, 0.6) is 0 Å². The summed E-state index contributed by atoms with van der Waals surface area (Å²) < 4.78 is 0. The van der Waals surface area contributed by atoms with E-state index in [1.807, 2.05) is 0 Å². The van der Waals surface area contributed by atoms with Crippen LogP contribution < -0.4 is 5.73 Å². The summed E-state index contributed by atoms with van der Waals surface area (Å²) in [6, 6.07) is 7.72. The molecule has 0 aromatic heterocycles. The number of aliphatic carboxylic acids is 1. The Balaban J connectivity index is 0.00000196. The molecule has 5 heteroatoms. The molecule has 1 aromatic rings. The number of hydrogen-bond donors (Lipinski definition) is 3. The molecule has 0 fully saturated rings. The van der Waals surface area contributed by atoms with Crippen molar-refractivity contribution in [1.82, 2.24) is 0 Å². The van der Waals surface area contributed by atoms with Gasteiger partial charge in [-0.2, -0.15) is 0 Å². The van der Waals surface area contributed by atoms with Crippen LogP contribution in [-0.2, 0) is 4.79 Å². The zero-order valence-corrected chi connectivity index (χ0v) is 9.07. The Labute approximate surface area is 94.1 Å². The minimum atomic E-state index is -1.94. The van der Waals surface area contributed by atoms with Gasteiger partial charge in [0.15, 0.2) is 5.60 Å². The monoisotopic (exact) mass is 231 g/mol. The van der Waals surface area contributed by atoms with Crippen molar-refractivity contribution in [2.45, 2.75) is 18.6 Å². The van der Waals surface area contributed by atoms with Crippen LogP contribution in [0, 0.1) is 0 Å². The molecule has 0 amide bonds. The van der Waals surface area contributed by atoms with E-state index in [2.05, 4.69) is 0 Å². The lowest BCUT2D eigenvalue weighted by molar-refractivity contribution is -0.158. The van der Waals surface area contributed by atoms with Crippen molar-refractivity contribution in [3.63, 3.8) is 0 Å². The SMILES string of the molecule is CC(O)(C(=O)O)C(N)c1ccccc1.Cl. The van der Waals surface area contributed by atoms with Gasteiger partial charge < -0.3 is 15.9 Å². The van der Waals surface area contributed by atoms with Crippen molar-refractivity contribution in [3.8, 4) is 0 Å². The number of rotatable bonds is 3. The van der Waals surface area contributed by atoms with Gasteiger partial charge in [0.05, 0.1) is 6.04 Å². The van der Waals surface area contributed by atoms with E-state index in [0.29, 0.717) is 5.56 Å². The van der Waals surface area contributed by atoms with Crippen molar-refractivity contribution >= 4 is 18.4 Å². The van der Waals surface area contributed by atoms with Gasteiger partial charge in [-0.05, 0) is 12.5 Å². The van der Waals surface area contributed by atoms with Crippen LogP contribution in [0.3, 0.4) is 0 Å². The maximum Gasteiger partial charge on any atom is 0.337 e. The minimum absolute atomic E-state index is 0. The van der Waals surface area contributed by atoms with Crippen LogP contribution in [0.15, 0.2) is 30.3 Å². The molecule has 84 valence electrons. The number of halogens is 1. The van der Waals surface area contributed by atoms with Gasteiger partial charge in [0, 0.05) is 0 Å². The van der Waals surface area contributed by atoms with Crippen LogP contribution in [0.2, 0.25) is 0 Å². The predicted octanol–water partition coefficient (Wildman–Crippen LogP) is 0.944. The fourth-order valence-corrected chi connectivity index (χ4v) is 1.12. The fourth-order valence-electron chi connectivity index (χ4n) is 1.12. The number of benzene rings is 1. The van der Waals surface area contributed by atoms with Gasteiger partial charge in [-0.25, -0.2) is 4.79 Å². The molecule has 2 atom stereocenters. The lowest BCUT2D eigenvalue weighted by atomic mass is 9.91. The third-order valence-corrected chi connectivity index (χ3v) is 2.20. The third kappa shape index (κ3) is 2.92. The van der Waals surface area contributed by atoms with E-state index >= 15 is 0 Å². The molecule has 0 saturated heterocycles. The Morgan fingerprint density at radius 3 is 2.27 bits per heavy atom. The van der Waals surface area contributed by atoms with Crippen molar-refractivity contribution in [3.05, 3.63) is 35.9 Å². The van der Waals surface area contributed by atoms with Gasteiger partial charge in [-0.15, -0.1) is 12.4 Å². The van der Waals surface area contributed by atoms with E-state index in [-0.39, 0.29) is 12.4 Å². The number of aliphatic hydroxyl groups is 1. The zero-order chi connectivity index (χ0) is 10.8. The molecular weight excluding hydrogens is 218 g/mol. The van der Waals surface area contributed by atoms with Gasteiger partial charge in [-0.3, -0.25) is 0 Å².